The second-order valence-electron chi connectivity index (χ2n) is 8.51. The second-order valence-corrected chi connectivity index (χ2v) is 8.51. The van der Waals surface area contributed by atoms with Crippen molar-refractivity contribution in [2.45, 2.75) is 19.5 Å². The predicted octanol–water partition coefficient (Wildman–Crippen LogP) is 3.37. The topological polar surface area (TPSA) is 82.4 Å². The molecule has 0 spiro atoms. The molecule has 3 heterocycles. The van der Waals surface area contributed by atoms with Gasteiger partial charge in [0.05, 0.1) is 30.0 Å². The van der Waals surface area contributed by atoms with E-state index in [1.165, 1.54) is 24.7 Å². The van der Waals surface area contributed by atoms with Crippen LogP contribution in [0.25, 0.3) is 0 Å². The van der Waals surface area contributed by atoms with Crippen molar-refractivity contribution in [2.75, 3.05) is 44.3 Å². The average molecular weight is 459 g/mol. The monoisotopic (exact) mass is 459 g/mol. The summed E-state index contributed by atoms with van der Waals surface area (Å²) in [6.07, 6.45) is 0.465. The molecule has 2 unspecified atom stereocenters. The molecular formula is C23H24F3N5O2. The fraction of sp³-hybridized carbons (Fsp3) is 0.478. The number of anilines is 1. The minimum absolute atomic E-state index is 0.0170. The molecule has 2 fully saturated rings. The number of rotatable bonds is 5. The summed E-state index contributed by atoms with van der Waals surface area (Å²) in [7, 11) is 0. The number of hydrogen-bond acceptors (Lipinski definition) is 6. The number of halogens is 3. The second kappa shape index (κ2) is 8.98. The lowest BCUT2D eigenvalue weighted by Crippen LogP contribution is -2.49. The lowest BCUT2D eigenvalue weighted by atomic mass is 9.73. The van der Waals surface area contributed by atoms with E-state index in [0.717, 1.165) is 6.07 Å². The molecular weight excluding hydrogens is 435 g/mol. The third-order valence-electron chi connectivity index (χ3n) is 6.59. The number of hydrogen-bond donors (Lipinski definition) is 0. The summed E-state index contributed by atoms with van der Waals surface area (Å²) >= 11 is 0. The van der Waals surface area contributed by atoms with Crippen molar-refractivity contribution in [3.63, 3.8) is 0 Å². The fourth-order valence-electron chi connectivity index (χ4n) is 4.85. The highest BCUT2D eigenvalue weighted by Gasteiger charge is 2.51. The number of carbonyl (C=O) groups is 1. The van der Waals surface area contributed by atoms with E-state index in [1.807, 2.05) is 11.8 Å². The molecule has 0 bridgehead atoms. The van der Waals surface area contributed by atoms with Gasteiger partial charge < -0.3 is 14.5 Å². The summed E-state index contributed by atoms with van der Waals surface area (Å²) in [4.78, 5) is 24.7. The Morgan fingerprint density at radius 2 is 2.15 bits per heavy atom. The van der Waals surface area contributed by atoms with Crippen molar-refractivity contribution < 1.29 is 22.7 Å². The van der Waals surface area contributed by atoms with Crippen LogP contribution < -0.4 is 4.90 Å². The van der Waals surface area contributed by atoms with E-state index in [1.54, 1.807) is 17.0 Å². The van der Waals surface area contributed by atoms with Crippen LogP contribution in [-0.4, -0.2) is 60.2 Å². The van der Waals surface area contributed by atoms with E-state index in [0.29, 0.717) is 51.5 Å². The Morgan fingerprint density at radius 1 is 1.33 bits per heavy atom. The van der Waals surface area contributed by atoms with Crippen molar-refractivity contribution in [1.82, 2.24) is 14.9 Å². The van der Waals surface area contributed by atoms with Gasteiger partial charge in [0.2, 0.25) is 0 Å². The molecule has 1 amide bonds. The maximum atomic E-state index is 13.5. The van der Waals surface area contributed by atoms with Gasteiger partial charge in [-0.25, -0.2) is 4.98 Å². The first-order valence-corrected chi connectivity index (χ1v) is 10.8. The van der Waals surface area contributed by atoms with E-state index < -0.39 is 17.3 Å². The van der Waals surface area contributed by atoms with Crippen LogP contribution in [-0.2, 0) is 10.9 Å². The molecule has 174 valence electrons. The van der Waals surface area contributed by atoms with Crippen LogP contribution in [0.1, 0.15) is 35.0 Å². The first-order chi connectivity index (χ1) is 15.8. The smallest absolute Gasteiger partial charge is 0.381 e. The Bertz CT molecular complexity index is 1060. The number of aromatic nitrogens is 2. The normalized spacial score (nSPS) is 22.7. The molecule has 0 N–H and O–H groups in total. The lowest BCUT2D eigenvalue weighted by Gasteiger charge is -2.44. The Balaban J connectivity index is 1.59. The average Bonchev–Trinajstić information content (AvgIpc) is 3.21. The van der Waals surface area contributed by atoms with Crippen LogP contribution in [0.5, 0.6) is 0 Å². The van der Waals surface area contributed by atoms with Gasteiger partial charge in [-0.1, -0.05) is 0 Å². The number of alkyl halides is 3. The van der Waals surface area contributed by atoms with Crippen LogP contribution in [0.15, 0.2) is 36.8 Å². The summed E-state index contributed by atoms with van der Waals surface area (Å²) in [6, 6.07) is 5.45. The van der Waals surface area contributed by atoms with Gasteiger partial charge in [0.25, 0.3) is 5.91 Å². The lowest BCUT2D eigenvalue weighted by molar-refractivity contribution is -0.137. The van der Waals surface area contributed by atoms with Crippen LogP contribution in [0.3, 0.4) is 0 Å². The van der Waals surface area contributed by atoms with Gasteiger partial charge in [-0.05, 0) is 31.5 Å². The van der Waals surface area contributed by atoms with Crippen LogP contribution in [0.2, 0.25) is 0 Å². The van der Waals surface area contributed by atoms with Crippen molar-refractivity contribution in [3.8, 4) is 6.07 Å². The molecule has 4 rings (SSSR count). The summed E-state index contributed by atoms with van der Waals surface area (Å²) < 4.78 is 46.2. The summed E-state index contributed by atoms with van der Waals surface area (Å²) in [5.41, 5.74) is -0.911. The van der Waals surface area contributed by atoms with Gasteiger partial charge in [-0.2, -0.15) is 18.4 Å². The van der Waals surface area contributed by atoms with Crippen molar-refractivity contribution >= 4 is 11.6 Å². The van der Waals surface area contributed by atoms with Gasteiger partial charge in [0, 0.05) is 62.2 Å². The van der Waals surface area contributed by atoms with Gasteiger partial charge in [-0.3, -0.25) is 9.78 Å². The highest BCUT2D eigenvalue weighted by atomic mass is 19.4. The molecule has 0 aliphatic carbocycles. The zero-order valence-electron chi connectivity index (χ0n) is 18.2. The first kappa shape index (κ1) is 23.0. The maximum Gasteiger partial charge on any atom is 0.417 e. The zero-order valence-corrected chi connectivity index (χ0v) is 18.2. The van der Waals surface area contributed by atoms with E-state index in [4.69, 9.17) is 10.00 Å². The Morgan fingerprint density at radius 3 is 2.82 bits per heavy atom. The quantitative estimate of drug-likeness (QED) is 0.682. The molecule has 1 aromatic carbocycles. The Kier molecular flexibility index (Phi) is 6.26. The van der Waals surface area contributed by atoms with E-state index in [-0.39, 0.29) is 22.9 Å². The molecule has 2 aliphatic heterocycles. The maximum absolute atomic E-state index is 13.5. The Labute approximate surface area is 189 Å². The number of carbonyl (C=O) groups excluding carboxylic acids is 1. The van der Waals surface area contributed by atoms with Crippen molar-refractivity contribution in [3.05, 3.63) is 53.6 Å². The largest absolute Gasteiger partial charge is 0.417 e. The third-order valence-corrected chi connectivity index (χ3v) is 6.59. The molecule has 2 aliphatic rings. The molecule has 7 nitrogen and oxygen atoms in total. The van der Waals surface area contributed by atoms with Gasteiger partial charge in [0.15, 0.2) is 0 Å². The van der Waals surface area contributed by atoms with E-state index >= 15 is 0 Å². The number of amides is 1. The zero-order chi connectivity index (χ0) is 23.6. The fourth-order valence-corrected chi connectivity index (χ4v) is 4.85. The number of nitrogens with zero attached hydrogens (tertiary/aromatic N) is 5. The number of nitriles is 1. The van der Waals surface area contributed by atoms with Crippen LogP contribution in [0, 0.1) is 22.7 Å². The predicted molar refractivity (Wildman–Crippen MR) is 113 cm³/mol. The number of fused-ring (bicyclic) bond motifs is 1. The van der Waals surface area contributed by atoms with E-state index in [2.05, 4.69) is 9.97 Å². The third kappa shape index (κ3) is 4.50. The minimum atomic E-state index is -4.61. The van der Waals surface area contributed by atoms with Crippen LogP contribution >= 0.6 is 0 Å². The molecule has 1 aromatic heterocycles. The van der Waals surface area contributed by atoms with Crippen LogP contribution in [0.4, 0.5) is 18.9 Å². The molecule has 33 heavy (non-hydrogen) atoms. The molecule has 0 radical (unpaired) electrons. The van der Waals surface area contributed by atoms with Gasteiger partial charge in [-0.15, -0.1) is 0 Å². The SMILES string of the molecule is CCOCC12CCN(c3ccc(C#N)c(C(F)(F)F)c3)CC1CN(C(=O)c1cnccn1)C2. The highest BCUT2D eigenvalue weighted by molar-refractivity contribution is 5.92. The van der Waals surface area contributed by atoms with Gasteiger partial charge >= 0.3 is 6.18 Å². The number of piperidine rings is 1. The van der Waals surface area contributed by atoms with Crippen molar-refractivity contribution in [1.29, 1.82) is 5.26 Å². The number of likely N-dealkylation sites (tertiary alicyclic amines) is 1. The van der Waals surface area contributed by atoms with Gasteiger partial charge in [0.1, 0.15) is 5.69 Å². The number of ether oxygens (including phenoxy) is 1. The summed E-state index contributed by atoms with van der Waals surface area (Å²) in [5.74, 6) is -0.193. The van der Waals surface area contributed by atoms with E-state index in [9.17, 15) is 18.0 Å². The molecule has 10 heteroatoms. The number of benzene rings is 1. The Hall–Kier alpha value is -3.19. The van der Waals surface area contributed by atoms with Crippen molar-refractivity contribution in [2.24, 2.45) is 11.3 Å². The minimum Gasteiger partial charge on any atom is -0.381 e. The summed E-state index contributed by atoms with van der Waals surface area (Å²) in [5, 5.41) is 9.07. The highest BCUT2D eigenvalue weighted by Crippen LogP contribution is 2.45. The standard InChI is InChI=1S/C23H24F3N5O2/c1-2-33-15-22-5-8-30(18-4-3-16(10-27)19(9-18)23(24,25)26)12-17(22)13-31(14-22)21(32)20-11-28-6-7-29-20/h3-4,6-7,9,11,17H,2,5,8,12-15H2,1H3. The molecule has 2 aromatic rings. The molecule has 0 saturated carbocycles. The molecule has 2 atom stereocenters. The molecule has 2 saturated heterocycles. The first-order valence-electron chi connectivity index (χ1n) is 10.8. The summed E-state index contributed by atoms with van der Waals surface area (Å²) in [6.45, 7) is 4.91.